The molecular formula is C17H20ClN3O. The van der Waals surface area contributed by atoms with Gasteiger partial charge in [-0.15, -0.1) is 0 Å². The van der Waals surface area contributed by atoms with Gasteiger partial charge in [0, 0.05) is 17.3 Å². The molecule has 0 heterocycles. The average Bonchev–Trinajstić information content (AvgIpc) is 2.51. The first-order chi connectivity index (χ1) is 10.7. The van der Waals surface area contributed by atoms with Crippen LogP contribution in [0.25, 0.3) is 0 Å². The molecule has 0 atom stereocenters. The Hall–Kier alpha value is -2.20. The lowest BCUT2D eigenvalue weighted by atomic mass is 10.1. The van der Waals surface area contributed by atoms with Crippen molar-refractivity contribution in [1.82, 2.24) is 0 Å². The molecule has 3 N–H and O–H groups in total. The first-order valence-electron chi connectivity index (χ1n) is 7.22. The number of hydrogen-bond donors (Lipinski definition) is 2. The maximum absolute atomic E-state index is 6.04. The minimum atomic E-state index is 0.395. The molecule has 0 unspecified atom stereocenters. The molecule has 2 rings (SSSR count). The second-order valence-corrected chi connectivity index (χ2v) is 5.13. The predicted octanol–water partition coefficient (Wildman–Crippen LogP) is 3.71. The van der Waals surface area contributed by atoms with Gasteiger partial charge in [-0.3, -0.25) is 4.99 Å². The van der Waals surface area contributed by atoms with E-state index >= 15 is 0 Å². The minimum Gasteiger partial charge on any atom is -0.494 e. The van der Waals surface area contributed by atoms with Crippen LogP contribution in [0.4, 0.5) is 5.69 Å². The monoisotopic (exact) mass is 317 g/mol. The normalized spacial score (nSPS) is 11.3. The van der Waals surface area contributed by atoms with Gasteiger partial charge in [-0.1, -0.05) is 29.8 Å². The van der Waals surface area contributed by atoms with E-state index < -0.39 is 0 Å². The minimum absolute atomic E-state index is 0.395. The fraction of sp³-hybridized carbons (Fsp3) is 0.235. The highest BCUT2D eigenvalue weighted by Gasteiger charge is 2.04. The van der Waals surface area contributed by atoms with Gasteiger partial charge in [0.25, 0.3) is 0 Å². The molecule has 22 heavy (non-hydrogen) atoms. The Balaban J connectivity index is 1.95. The molecule has 0 aliphatic carbocycles. The number of anilines is 1. The SMILES string of the molecule is CCOc1ccc(Cl)cc1CCN=C(N)Nc1ccccc1. The second kappa shape index (κ2) is 8.29. The van der Waals surface area contributed by atoms with Crippen LogP contribution in [0.15, 0.2) is 53.5 Å². The summed E-state index contributed by atoms with van der Waals surface area (Å²) in [4.78, 5) is 4.33. The van der Waals surface area contributed by atoms with Crippen molar-refractivity contribution in [3.63, 3.8) is 0 Å². The molecule has 2 aromatic carbocycles. The van der Waals surface area contributed by atoms with Crippen LogP contribution in [0.1, 0.15) is 12.5 Å². The molecule has 0 aliphatic rings. The second-order valence-electron chi connectivity index (χ2n) is 4.69. The third-order valence-electron chi connectivity index (χ3n) is 3.03. The summed E-state index contributed by atoms with van der Waals surface area (Å²) in [5.41, 5.74) is 7.83. The van der Waals surface area contributed by atoms with Crippen LogP contribution in [0.2, 0.25) is 5.02 Å². The first kappa shape index (κ1) is 16.2. The largest absolute Gasteiger partial charge is 0.494 e. The van der Waals surface area contributed by atoms with Gasteiger partial charge in [0.1, 0.15) is 5.75 Å². The van der Waals surface area contributed by atoms with Crippen molar-refractivity contribution >= 4 is 23.2 Å². The molecule has 0 amide bonds. The molecule has 4 nitrogen and oxygen atoms in total. The fourth-order valence-electron chi connectivity index (χ4n) is 2.05. The summed E-state index contributed by atoms with van der Waals surface area (Å²) in [5.74, 6) is 1.24. The topological polar surface area (TPSA) is 59.6 Å². The van der Waals surface area contributed by atoms with Crippen molar-refractivity contribution in [3.05, 3.63) is 59.1 Å². The van der Waals surface area contributed by atoms with E-state index in [0.29, 0.717) is 30.6 Å². The van der Waals surface area contributed by atoms with Gasteiger partial charge in [-0.25, -0.2) is 0 Å². The molecule has 0 fully saturated rings. The lowest BCUT2D eigenvalue weighted by molar-refractivity contribution is 0.336. The Morgan fingerprint density at radius 2 is 2.00 bits per heavy atom. The Bertz CT molecular complexity index is 629. The molecule has 2 aromatic rings. The zero-order chi connectivity index (χ0) is 15.8. The number of halogens is 1. The fourth-order valence-corrected chi connectivity index (χ4v) is 2.24. The highest BCUT2D eigenvalue weighted by Crippen LogP contribution is 2.23. The molecular weight excluding hydrogens is 298 g/mol. The maximum atomic E-state index is 6.04. The summed E-state index contributed by atoms with van der Waals surface area (Å²) in [7, 11) is 0. The van der Waals surface area contributed by atoms with Gasteiger partial charge >= 0.3 is 0 Å². The van der Waals surface area contributed by atoms with Crippen molar-refractivity contribution in [3.8, 4) is 5.75 Å². The van der Waals surface area contributed by atoms with Gasteiger partial charge in [0.2, 0.25) is 0 Å². The molecule has 0 aliphatic heterocycles. The van der Waals surface area contributed by atoms with Crippen molar-refractivity contribution in [2.24, 2.45) is 10.7 Å². The molecule has 0 aromatic heterocycles. The number of nitrogens with two attached hydrogens (primary N) is 1. The third-order valence-corrected chi connectivity index (χ3v) is 3.27. The Kier molecular flexibility index (Phi) is 6.10. The number of nitrogens with one attached hydrogen (secondary N) is 1. The van der Waals surface area contributed by atoms with Crippen molar-refractivity contribution < 1.29 is 4.74 Å². The van der Waals surface area contributed by atoms with Crippen LogP contribution in [-0.2, 0) is 6.42 Å². The number of aliphatic imine (C=N–C) groups is 1. The number of guanidine groups is 1. The Morgan fingerprint density at radius 1 is 1.23 bits per heavy atom. The van der Waals surface area contributed by atoms with Crippen LogP contribution in [0, 0.1) is 0 Å². The average molecular weight is 318 g/mol. The van der Waals surface area contributed by atoms with E-state index in [0.717, 1.165) is 17.0 Å². The Labute approximate surface area is 136 Å². The summed E-state index contributed by atoms with van der Waals surface area (Å²) in [6, 6.07) is 15.3. The lowest BCUT2D eigenvalue weighted by Crippen LogP contribution is -2.23. The van der Waals surface area contributed by atoms with Gasteiger partial charge < -0.3 is 15.8 Å². The number of ether oxygens (including phenoxy) is 1. The molecule has 0 saturated carbocycles. The molecule has 0 saturated heterocycles. The molecule has 0 radical (unpaired) electrons. The van der Waals surface area contributed by atoms with Crippen molar-refractivity contribution in [2.75, 3.05) is 18.5 Å². The highest BCUT2D eigenvalue weighted by molar-refractivity contribution is 6.30. The van der Waals surface area contributed by atoms with Gasteiger partial charge in [0.05, 0.1) is 6.61 Å². The van der Waals surface area contributed by atoms with E-state index in [2.05, 4.69) is 10.3 Å². The van der Waals surface area contributed by atoms with Gasteiger partial charge in [0.15, 0.2) is 5.96 Å². The highest BCUT2D eigenvalue weighted by atomic mass is 35.5. The van der Waals surface area contributed by atoms with E-state index in [1.54, 1.807) is 0 Å². The maximum Gasteiger partial charge on any atom is 0.193 e. The predicted molar refractivity (Wildman–Crippen MR) is 92.9 cm³/mol. The van der Waals surface area contributed by atoms with E-state index in [9.17, 15) is 0 Å². The third kappa shape index (κ3) is 4.97. The molecule has 0 spiro atoms. The number of rotatable bonds is 6. The van der Waals surface area contributed by atoms with Crippen molar-refractivity contribution in [1.29, 1.82) is 0 Å². The van der Waals surface area contributed by atoms with Crippen LogP contribution >= 0.6 is 11.6 Å². The number of nitrogens with zero attached hydrogens (tertiary/aromatic N) is 1. The summed E-state index contributed by atoms with van der Waals surface area (Å²) in [5, 5.41) is 3.74. The van der Waals surface area contributed by atoms with Gasteiger partial charge in [-0.05, 0) is 49.2 Å². The smallest absolute Gasteiger partial charge is 0.193 e. The standard InChI is InChI=1S/C17H20ClN3O/c1-2-22-16-9-8-14(18)12-13(16)10-11-20-17(19)21-15-6-4-3-5-7-15/h3-9,12H,2,10-11H2,1H3,(H3,19,20,21). The lowest BCUT2D eigenvalue weighted by Gasteiger charge is -2.10. The summed E-state index contributed by atoms with van der Waals surface area (Å²) >= 11 is 6.04. The summed E-state index contributed by atoms with van der Waals surface area (Å²) in [6.07, 6.45) is 0.715. The summed E-state index contributed by atoms with van der Waals surface area (Å²) in [6.45, 7) is 3.14. The van der Waals surface area contributed by atoms with Crippen LogP contribution in [0.5, 0.6) is 5.75 Å². The van der Waals surface area contributed by atoms with Crippen LogP contribution < -0.4 is 15.8 Å². The Morgan fingerprint density at radius 3 is 2.73 bits per heavy atom. The number of hydrogen-bond acceptors (Lipinski definition) is 2. The summed E-state index contributed by atoms with van der Waals surface area (Å²) < 4.78 is 5.59. The molecule has 5 heteroatoms. The van der Waals surface area contributed by atoms with Crippen molar-refractivity contribution in [2.45, 2.75) is 13.3 Å². The number of para-hydroxylation sites is 1. The van der Waals surface area contributed by atoms with Crippen LogP contribution in [0.3, 0.4) is 0 Å². The number of benzene rings is 2. The molecule has 0 bridgehead atoms. The zero-order valence-corrected chi connectivity index (χ0v) is 13.3. The van der Waals surface area contributed by atoms with Crippen LogP contribution in [-0.4, -0.2) is 19.1 Å². The van der Waals surface area contributed by atoms with E-state index in [4.69, 9.17) is 22.1 Å². The van der Waals surface area contributed by atoms with E-state index in [1.165, 1.54) is 0 Å². The molecule has 116 valence electrons. The zero-order valence-electron chi connectivity index (χ0n) is 12.6. The van der Waals surface area contributed by atoms with E-state index in [-0.39, 0.29) is 0 Å². The quantitative estimate of drug-likeness (QED) is 0.630. The van der Waals surface area contributed by atoms with E-state index in [1.807, 2.05) is 55.5 Å². The first-order valence-corrected chi connectivity index (χ1v) is 7.60. The van der Waals surface area contributed by atoms with Gasteiger partial charge in [-0.2, -0.15) is 0 Å².